The molecule has 28 heavy (non-hydrogen) atoms. The van der Waals surface area contributed by atoms with Crippen molar-refractivity contribution in [3.8, 4) is 0 Å². The fourth-order valence-electron chi connectivity index (χ4n) is 3.42. The van der Waals surface area contributed by atoms with Crippen LogP contribution < -0.4 is 5.56 Å². The molecule has 0 saturated carbocycles. The van der Waals surface area contributed by atoms with Crippen LogP contribution in [0.4, 0.5) is 0 Å². The van der Waals surface area contributed by atoms with Crippen LogP contribution in [-0.2, 0) is 11.8 Å². The Balaban J connectivity index is 1.95. The summed E-state index contributed by atoms with van der Waals surface area (Å²) in [5.41, 5.74) is 0.643. The quantitative estimate of drug-likeness (QED) is 0.569. The predicted octanol–water partition coefficient (Wildman–Crippen LogP) is 3.10. The van der Waals surface area contributed by atoms with Crippen LogP contribution in [-0.4, -0.2) is 47.8 Å². The maximum absolute atomic E-state index is 13.0. The van der Waals surface area contributed by atoms with Gasteiger partial charge in [-0.2, -0.15) is 0 Å². The van der Waals surface area contributed by atoms with Crippen molar-refractivity contribution in [2.24, 2.45) is 7.05 Å². The molecule has 1 amide bonds. The maximum Gasteiger partial charge on any atom is 0.262 e. The minimum Gasteiger partial charge on any atom is -0.337 e. The minimum absolute atomic E-state index is 0.0968. The number of carbonyl (C=O) groups is 1. The first kappa shape index (κ1) is 20.4. The summed E-state index contributed by atoms with van der Waals surface area (Å²) in [7, 11) is 1.69. The van der Waals surface area contributed by atoms with Crippen LogP contribution in [0.1, 0.15) is 40.5 Å². The van der Waals surface area contributed by atoms with Gasteiger partial charge in [-0.25, -0.2) is 0 Å². The second-order valence-corrected chi connectivity index (χ2v) is 8.05. The first-order valence-corrected chi connectivity index (χ1v) is 10.7. The van der Waals surface area contributed by atoms with Crippen molar-refractivity contribution in [2.75, 3.05) is 5.75 Å². The predicted molar refractivity (Wildman–Crippen MR) is 113 cm³/mol. The Bertz CT molecular complexity index is 1050. The third-order valence-corrected chi connectivity index (χ3v) is 6.25. The largest absolute Gasteiger partial charge is 0.337 e. The van der Waals surface area contributed by atoms with Crippen molar-refractivity contribution in [3.05, 3.63) is 34.6 Å². The summed E-state index contributed by atoms with van der Waals surface area (Å²) in [6.07, 6.45) is 1.84. The van der Waals surface area contributed by atoms with Crippen LogP contribution in [0.3, 0.4) is 0 Å². The van der Waals surface area contributed by atoms with E-state index < -0.39 is 0 Å². The summed E-state index contributed by atoms with van der Waals surface area (Å²) in [4.78, 5) is 27.5. The summed E-state index contributed by atoms with van der Waals surface area (Å²) in [5, 5.41) is 9.66. The number of thioether (sulfide) groups is 1. The molecule has 3 rings (SSSR count). The molecule has 1 aromatic carbocycles. The fourth-order valence-corrected chi connectivity index (χ4v) is 4.23. The van der Waals surface area contributed by atoms with Gasteiger partial charge in [-0.3, -0.25) is 18.6 Å². The first-order chi connectivity index (χ1) is 13.4. The molecule has 0 saturated heterocycles. The number of hydrogen-bond donors (Lipinski definition) is 0. The third kappa shape index (κ3) is 3.53. The van der Waals surface area contributed by atoms with E-state index in [1.165, 1.54) is 16.3 Å². The van der Waals surface area contributed by atoms with Crippen molar-refractivity contribution in [1.82, 2.24) is 24.1 Å². The number of aromatic nitrogens is 4. The second-order valence-electron chi connectivity index (χ2n) is 7.10. The average Bonchev–Trinajstić information content (AvgIpc) is 3.14. The molecule has 0 bridgehead atoms. The summed E-state index contributed by atoms with van der Waals surface area (Å²) in [6.45, 7) is 8.37. The van der Waals surface area contributed by atoms with Crippen LogP contribution in [0, 0.1) is 0 Å². The van der Waals surface area contributed by atoms with Crippen LogP contribution >= 0.6 is 11.8 Å². The van der Waals surface area contributed by atoms with E-state index in [9.17, 15) is 9.59 Å². The SMILES string of the molecule is CC[C@@H](C)N(C(=O)CSc1nnc2n(C)c(=O)c3ccccc3n12)[C@@H](C)CC. The highest BCUT2D eigenvalue weighted by Crippen LogP contribution is 2.23. The lowest BCUT2D eigenvalue weighted by molar-refractivity contribution is -0.132. The number of carbonyl (C=O) groups excluding carboxylic acids is 1. The lowest BCUT2D eigenvalue weighted by Crippen LogP contribution is -2.45. The van der Waals surface area contributed by atoms with Crippen molar-refractivity contribution in [2.45, 2.75) is 57.8 Å². The van der Waals surface area contributed by atoms with Gasteiger partial charge in [0, 0.05) is 19.1 Å². The van der Waals surface area contributed by atoms with Crippen molar-refractivity contribution < 1.29 is 4.79 Å². The number of hydrogen-bond acceptors (Lipinski definition) is 5. The van der Waals surface area contributed by atoms with Crippen molar-refractivity contribution in [3.63, 3.8) is 0 Å². The minimum atomic E-state index is -0.108. The van der Waals surface area contributed by atoms with E-state index in [0.29, 0.717) is 16.3 Å². The highest BCUT2D eigenvalue weighted by molar-refractivity contribution is 7.99. The molecule has 0 radical (unpaired) electrons. The molecule has 0 aliphatic heterocycles. The van der Waals surface area contributed by atoms with E-state index >= 15 is 0 Å². The summed E-state index contributed by atoms with van der Waals surface area (Å²) < 4.78 is 3.34. The molecule has 0 aliphatic carbocycles. The molecule has 0 fully saturated rings. The number of fused-ring (bicyclic) bond motifs is 3. The number of nitrogens with zero attached hydrogens (tertiary/aromatic N) is 5. The van der Waals surface area contributed by atoms with Crippen LogP contribution in [0.15, 0.2) is 34.2 Å². The van der Waals surface area contributed by atoms with Crippen molar-refractivity contribution in [1.29, 1.82) is 0 Å². The third-order valence-electron chi connectivity index (χ3n) is 5.34. The van der Waals surface area contributed by atoms with Crippen molar-refractivity contribution >= 4 is 34.3 Å². The zero-order valence-electron chi connectivity index (χ0n) is 17.0. The molecule has 2 aromatic heterocycles. The monoisotopic (exact) mass is 401 g/mol. The second kappa shape index (κ2) is 8.34. The number of benzene rings is 1. The summed E-state index contributed by atoms with van der Waals surface area (Å²) >= 11 is 1.36. The van der Waals surface area contributed by atoms with Gasteiger partial charge in [0.2, 0.25) is 11.7 Å². The van der Waals surface area contributed by atoms with Gasteiger partial charge in [-0.05, 0) is 38.8 Å². The van der Waals surface area contributed by atoms with E-state index in [4.69, 9.17) is 0 Å². The molecule has 0 N–H and O–H groups in total. The zero-order chi connectivity index (χ0) is 20.4. The standard InChI is InChI=1S/C20H27N5O2S/c1-6-13(3)24(14(4)7-2)17(26)12-28-20-22-21-19-23(5)18(27)15-10-8-9-11-16(15)25(19)20/h8-11,13-14H,6-7,12H2,1-5H3/t13-,14+. The smallest absolute Gasteiger partial charge is 0.262 e. The number of rotatable bonds is 7. The molecule has 0 unspecified atom stereocenters. The van der Waals surface area contributed by atoms with Gasteiger partial charge < -0.3 is 4.90 Å². The number of para-hydroxylation sites is 1. The average molecular weight is 402 g/mol. The normalized spacial score (nSPS) is 13.8. The molecular weight excluding hydrogens is 374 g/mol. The van der Waals surface area contributed by atoms with Gasteiger partial charge in [0.1, 0.15) is 0 Å². The Kier molecular flexibility index (Phi) is 6.07. The molecule has 2 atom stereocenters. The van der Waals surface area contributed by atoms with Gasteiger partial charge in [-0.1, -0.05) is 37.7 Å². The zero-order valence-corrected chi connectivity index (χ0v) is 17.9. The topological polar surface area (TPSA) is 72.5 Å². The van der Waals surface area contributed by atoms with Gasteiger partial charge in [0.05, 0.1) is 16.7 Å². The van der Waals surface area contributed by atoms with Gasteiger partial charge in [0.25, 0.3) is 5.56 Å². The van der Waals surface area contributed by atoms with E-state index in [-0.39, 0.29) is 29.3 Å². The lowest BCUT2D eigenvalue weighted by Gasteiger charge is -2.34. The Morgan fingerprint density at radius 2 is 1.79 bits per heavy atom. The van der Waals surface area contributed by atoms with E-state index in [0.717, 1.165) is 18.4 Å². The Hall–Kier alpha value is -2.35. The molecule has 7 nitrogen and oxygen atoms in total. The van der Waals surface area contributed by atoms with Crippen LogP contribution in [0.5, 0.6) is 0 Å². The fraction of sp³-hybridized carbons (Fsp3) is 0.500. The Morgan fingerprint density at radius 1 is 1.14 bits per heavy atom. The van der Waals surface area contributed by atoms with Gasteiger partial charge in [0.15, 0.2) is 5.16 Å². The number of amides is 1. The highest BCUT2D eigenvalue weighted by Gasteiger charge is 2.24. The molecule has 150 valence electrons. The van der Waals surface area contributed by atoms with E-state index in [1.807, 2.05) is 27.5 Å². The molecule has 0 aliphatic rings. The van der Waals surface area contributed by atoms with Gasteiger partial charge in [-0.15, -0.1) is 10.2 Å². The molecule has 8 heteroatoms. The van der Waals surface area contributed by atoms with Crippen LogP contribution in [0.25, 0.3) is 16.7 Å². The molecule has 3 aromatic rings. The summed E-state index contributed by atoms with van der Waals surface area (Å²) in [5.74, 6) is 0.853. The molecular formula is C20H27N5O2S. The summed E-state index contributed by atoms with van der Waals surface area (Å²) in [6, 6.07) is 7.79. The maximum atomic E-state index is 13.0. The van der Waals surface area contributed by atoms with Gasteiger partial charge >= 0.3 is 0 Å². The first-order valence-electron chi connectivity index (χ1n) is 9.67. The Labute approximate surface area is 168 Å². The molecule has 0 spiro atoms. The van der Waals surface area contributed by atoms with E-state index in [1.54, 1.807) is 13.1 Å². The number of aryl methyl sites for hydroxylation is 1. The van der Waals surface area contributed by atoms with Crippen LogP contribution in [0.2, 0.25) is 0 Å². The molecule has 2 heterocycles. The highest BCUT2D eigenvalue weighted by atomic mass is 32.2. The Morgan fingerprint density at radius 3 is 2.43 bits per heavy atom. The van der Waals surface area contributed by atoms with E-state index in [2.05, 4.69) is 37.9 Å². The lowest BCUT2D eigenvalue weighted by atomic mass is 10.1.